The van der Waals surface area contributed by atoms with Gasteiger partial charge in [0.1, 0.15) is 5.82 Å². The number of rotatable bonds is 3. The lowest BCUT2D eigenvalue weighted by molar-refractivity contribution is 0.0820. The smallest absolute Gasteiger partial charge is 0.273 e. The van der Waals surface area contributed by atoms with Crippen molar-refractivity contribution in [3.63, 3.8) is 0 Å². The quantitative estimate of drug-likeness (QED) is 0.894. The van der Waals surface area contributed by atoms with Crippen molar-refractivity contribution >= 4 is 11.7 Å². The predicted molar refractivity (Wildman–Crippen MR) is 73.8 cm³/mol. The Kier molecular flexibility index (Phi) is 3.59. The number of hydrogen-bond acceptors (Lipinski definition) is 3. The molecule has 1 unspecified atom stereocenters. The minimum Gasteiger partial charge on any atom is -0.370 e. The second-order valence-corrected chi connectivity index (χ2v) is 5.32. The molecule has 1 aliphatic heterocycles. The first-order valence-corrected chi connectivity index (χ1v) is 6.56. The van der Waals surface area contributed by atoms with Gasteiger partial charge < -0.3 is 10.2 Å². The third-order valence-corrected chi connectivity index (χ3v) is 3.81. The lowest BCUT2D eigenvalue weighted by Crippen LogP contribution is -2.32. The van der Waals surface area contributed by atoms with Crippen molar-refractivity contribution in [2.24, 2.45) is 11.8 Å². The molecule has 2 rings (SSSR count). The van der Waals surface area contributed by atoms with Gasteiger partial charge in [0.05, 0.1) is 0 Å². The zero-order chi connectivity index (χ0) is 13.3. The normalized spacial score (nSPS) is 19.9. The molecule has 1 aromatic rings. The molecular formula is C13H24N4O. The molecule has 1 aliphatic rings. The fourth-order valence-electron chi connectivity index (χ4n) is 2.27. The topological polar surface area (TPSA) is 50.2 Å². The Hall–Kier alpha value is -1.52. The number of carbonyl (C=O) groups is 1. The second kappa shape index (κ2) is 5.00. The van der Waals surface area contributed by atoms with Crippen molar-refractivity contribution in [3.8, 4) is 0 Å². The van der Waals surface area contributed by atoms with E-state index in [1.54, 1.807) is 19.0 Å². The van der Waals surface area contributed by atoms with E-state index in [9.17, 15) is 4.79 Å². The molecule has 2 heterocycles. The molecule has 1 aromatic heterocycles. The SMILES string of the molecule is CCC(C)[C@@H]1CNc2cc(C(=O)N(C)C)nn2C1.[HH]. The van der Waals surface area contributed by atoms with Crippen molar-refractivity contribution < 1.29 is 6.22 Å². The summed E-state index contributed by atoms with van der Waals surface area (Å²) < 4.78 is 1.93. The molecule has 0 radical (unpaired) electrons. The van der Waals surface area contributed by atoms with Gasteiger partial charge in [-0.15, -0.1) is 0 Å². The van der Waals surface area contributed by atoms with E-state index in [0.717, 1.165) is 18.9 Å². The molecule has 0 fully saturated rings. The van der Waals surface area contributed by atoms with Gasteiger partial charge in [-0.1, -0.05) is 20.3 Å². The standard InChI is InChI=1S/C13H22N4O.H2/c1-5-9(2)10-7-14-12-6-11(13(18)16(3)4)15-17(12)8-10;/h6,9-10,14H,5,7-8H2,1-4H3;1H/t9?,10-;/m1./s1. The second-order valence-electron chi connectivity index (χ2n) is 5.32. The van der Waals surface area contributed by atoms with Crippen LogP contribution >= 0.6 is 0 Å². The van der Waals surface area contributed by atoms with Crippen LogP contribution in [0, 0.1) is 11.8 Å². The highest BCUT2D eigenvalue weighted by molar-refractivity contribution is 5.92. The lowest BCUT2D eigenvalue weighted by Gasteiger charge is -2.28. The van der Waals surface area contributed by atoms with Crippen LogP contribution in [0.4, 0.5) is 5.82 Å². The first-order chi connectivity index (χ1) is 8.52. The predicted octanol–water partition coefficient (Wildman–Crippen LogP) is 1.92. The van der Waals surface area contributed by atoms with E-state index >= 15 is 0 Å². The van der Waals surface area contributed by atoms with Gasteiger partial charge in [0.2, 0.25) is 0 Å². The third kappa shape index (κ3) is 2.35. The number of fused-ring (bicyclic) bond motifs is 1. The van der Waals surface area contributed by atoms with Gasteiger partial charge in [0, 0.05) is 34.7 Å². The number of anilines is 1. The molecule has 0 aliphatic carbocycles. The summed E-state index contributed by atoms with van der Waals surface area (Å²) in [6, 6.07) is 1.84. The summed E-state index contributed by atoms with van der Waals surface area (Å²) in [7, 11) is 3.49. The first-order valence-electron chi connectivity index (χ1n) is 6.56. The van der Waals surface area contributed by atoms with Gasteiger partial charge in [-0.3, -0.25) is 4.79 Å². The molecule has 0 saturated carbocycles. The molecule has 5 nitrogen and oxygen atoms in total. The Morgan fingerprint density at radius 3 is 3.06 bits per heavy atom. The third-order valence-electron chi connectivity index (χ3n) is 3.81. The van der Waals surface area contributed by atoms with Crippen LogP contribution in [-0.4, -0.2) is 41.2 Å². The maximum atomic E-state index is 11.9. The van der Waals surface area contributed by atoms with Crippen molar-refractivity contribution in [1.82, 2.24) is 14.7 Å². The van der Waals surface area contributed by atoms with Crippen LogP contribution in [0.1, 0.15) is 32.2 Å². The van der Waals surface area contributed by atoms with Crippen molar-refractivity contribution in [3.05, 3.63) is 11.8 Å². The van der Waals surface area contributed by atoms with Gasteiger partial charge in [-0.2, -0.15) is 5.10 Å². The molecule has 1 amide bonds. The summed E-state index contributed by atoms with van der Waals surface area (Å²) in [5.74, 6) is 2.17. The Labute approximate surface area is 110 Å². The largest absolute Gasteiger partial charge is 0.370 e. The van der Waals surface area contributed by atoms with Gasteiger partial charge in [-0.05, 0) is 11.8 Å². The van der Waals surface area contributed by atoms with E-state index in [2.05, 4.69) is 24.3 Å². The van der Waals surface area contributed by atoms with E-state index in [1.165, 1.54) is 6.42 Å². The number of aromatic nitrogens is 2. The summed E-state index contributed by atoms with van der Waals surface area (Å²) in [6.07, 6.45) is 1.17. The maximum Gasteiger partial charge on any atom is 0.273 e. The Morgan fingerprint density at radius 1 is 1.72 bits per heavy atom. The highest BCUT2D eigenvalue weighted by atomic mass is 16.2. The van der Waals surface area contributed by atoms with E-state index in [0.29, 0.717) is 17.5 Å². The number of amides is 1. The van der Waals surface area contributed by atoms with Gasteiger partial charge >= 0.3 is 0 Å². The Morgan fingerprint density at radius 2 is 2.44 bits per heavy atom. The van der Waals surface area contributed by atoms with Crippen LogP contribution in [0.2, 0.25) is 0 Å². The molecule has 0 saturated heterocycles. The molecule has 18 heavy (non-hydrogen) atoms. The maximum absolute atomic E-state index is 11.9. The summed E-state index contributed by atoms with van der Waals surface area (Å²) in [4.78, 5) is 13.4. The minimum atomic E-state index is -0.0428. The van der Waals surface area contributed by atoms with Crippen LogP contribution in [0.15, 0.2) is 6.07 Å². The van der Waals surface area contributed by atoms with Crippen LogP contribution in [-0.2, 0) is 6.54 Å². The van der Waals surface area contributed by atoms with E-state index in [1.807, 2.05) is 10.7 Å². The lowest BCUT2D eigenvalue weighted by atomic mass is 9.91. The van der Waals surface area contributed by atoms with Crippen molar-refractivity contribution in [2.75, 3.05) is 26.0 Å². The molecule has 2 atom stereocenters. The Bertz CT molecular complexity index is 444. The fourth-order valence-corrected chi connectivity index (χ4v) is 2.27. The average molecular weight is 252 g/mol. The van der Waals surface area contributed by atoms with E-state index in [-0.39, 0.29) is 7.33 Å². The molecule has 5 heteroatoms. The highest BCUT2D eigenvalue weighted by Crippen LogP contribution is 2.25. The van der Waals surface area contributed by atoms with Crippen molar-refractivity contribution in [1.29, 1.82) is 0 Å². The fraction of sp³-hybridized carbons (Fsp3) is 0.692. The Balaban J connectivity index is 0.00000180. The van der Waals surface area contributed by atoms with Gasteiger partial charge in [0.25, 0.3) is 5.91 Å². The van der Waals surface area contributed by atoms with Crippen LogP contribution in [0.25, 0.3) is 0 Å². The van der Waals surface area contributed by atoms with Crippen LogP contribution in [0.3, 0.4) is 0 Å². The first kappa shape index (κ1) is 12.9. The summed E-state index contributed by atoms with van der Waals surface area (Å²) in [5, 5.41) is 7.77. The summed E-state index contributed by atoms with van der Waals surface area (Å²) in [6.45, 7) is 6.35. The minimum absolute atomic E-state index is 0. The molecule has 0 bridgehead atoms. The number of nitrogens with one attached hydrogen (secondary N) is 1. The van der Waals surface area contributed by atoms with Crippen LogP contribution in [0.5, 0.6) is 0 Å². The molecule has 102 valence electrons. The molecule has 0 aromatic carbocycles. The molecule has 0 spiro atoms. The van der Waals surface area contributed by atoms with Crippen molar-refractivity contribution in [2.45, 2.75) is 26.8 Å². The molecule has 1 N–H and O–H groups in total. The van der Waals surface area contributed by atoms with Crippen LogP contribution < -0.4 is 5.32 Å². The number of hydrogen-bond donors (Lipinski definition) is 1. The van der Waals surface area contributed by atoms with E-state index < -0.39 is 0 Å². The highest BCUT2D eigenvalue weighted by Gasteiger charge is 2.25. The monoisotopic (exact) mass is 252 g/mol. The zero-order valence-corrected chi connectivity index (χ0v) is 11.6. The van der Waals surface area contributed by atoms with E-state index in [4.69, 9.17) is 0 Å². The average Bonchev–Trinajstić information content (AvgIpc) is 2.79. The van der Waals surface area contributed by atoms with Gasteiger partial charge in [-0.25, -0.2) is 4.68 Å². The zero-order valence-electron chi connectivity index (χ0n) is 11.6. The summed E-state index contributed by atoms with van der Waals surface area (Å²) >= 11 is 0. The van der Waals surface area contributed by atoms with Gasteiger partial charge in [0.15, 0.2) is 5.69 Å². The number of nitrogens with zero attached hydrogens (tertiary/aromatic N) is 3. The number of carbonyl (C=O) groups excluding carboxylic acids is 1. The molecular weight excluding hydrogens is 228 g/mol. The summed E-state index contributed by atoms with van der Waals surface area (Å²) in [5.41, 5.74) is 0.521.